The Morgan fingerprint density at radius 2 is 2.47 bits per heavy atom. The van der Waals surface area contributed by atoms with Gasteiger partial charge >= 0.3 is 0 Å². The Morgan fingerprint density at radius 3 is 3.07 bits per heavy atom. The van der Waals surface area contributed by atoms with Crippen molar-refractivity contribution in [3.8, 4) is 6.07 Å². The molecule has 1 aromatic rings. The molecule has 1 N–H and O–H groups in total. The first kappa shape index (κ1) is 10.7. The summed E-state index contributed by atoms with van der Waals surface area (Å²) in [5.41, 5.74) is 0.788. The van der Waals surface area contributed by atoms with Crippen molar-refractivity contribution in [1.29, 1.82) is 5.26 Å². The van der Waals surface area contributed by atoms with Gasteiger partial charge in [-0.2, -0.15) is 5.26 Å². The molecule has 1 aliphatic rings. The quantitative estimate of drug-likeness (QED) is 0.850. The molecule has 1 saturated carbocycles. The number of thiophene rings is 1. The van der Waals surface area contributed by atoms with Crippen LogP contribution in [-0.2, 0) is 6.54 Å². The van der Waals surface area contributed by atoms with Gasteiger partial charge in [-0.25, -0.2) is 0 Å². The molecule has 2 rings (SSSR count). The van der Waals surface area contributed by atoms with Crippen molar-refractivity contribution in [3.63, 3.8) is 0 Å². The van der Waals surface area contributed by atoms with Gasteiger partial charge in [-0.05, 0) is 24.8 Å². The fourth-order valence-corrected chi connectivity index (χ4v) is 2.97. The summed E-state index contributed by atoms with van der Waals surface area (Å²) in [6, 6.07) is 4.83. The van der Waals surface area contributed by atoms with Crippen molar-refractivity contribution in [3.05, 3.63) is 21.9 Å². The minimum Gasteiger partial charge on any atom is -0.309 e. The molecule has 0 aliphatic heterocycles. The van der Waals surface area contributed by atoms with Gasteiger partial charge in [-0.15, -0.1) is 11.3 Å². The van der Waals surface area contributed by atoms with E-state index in [0.717, 1.165) is 18.0 Å². The second-order valence-electron chi connectivity index (χ2n) is 4.31. The van der Waals surface area contributed by atoms with Crippen molar-refractivity contribution >= 4 is 11.3 Å². The summed E-state index contributed by atoms with van der Waals surface area (Å²) in [5, 5.41) is 14.2. The van der Waals surface area contributed by atoms with Crippen LogP contribution in [0.5, 0.6) is 0 Å². The average molecular weight is 220 g/mol. The number of rotatable bonds is 3. The predicted molar refractivity (Wildman–Crippen MR) is 62.7 cm³/mol. The fraction of sp³-hybridized carbons (Fsp3) is 0.583. The largest absolute Gasteiger partial charge is 0.309 e. The molecule has 3 heteroatoms. The number of hydrogen-bond donors (Lipinski definition) is 1. The lowest BCUT2D eigenvalue weighted by molar-refractivity contribution is 0.427. The van der Waals surface area contributed by atoms with Crippen LogP contribution >= 0.6 is 11.3 Å². The lowest BCUT2D eigenvalue weighted by atomic mass is 10.1. The second kappa shape index (κ2) is 4.78. The van der Waals surface area contributed by atoms with E-state index < -0.39 is 0 Å². The number of nitriles is 1. The molecule has 1 aliphatic carbocycles. The Hall–Kier alpha value is -0.850. The first-order valence-corrected chi connectivity index (χ1v) is 6.38. The monoisotopic (exact) mass is 220 g/mol. The van der Waals surface area contributed by atoms with Gasteiger partial charge in [-0.3, -0.25) is 0 Å². The van der Waals surface area contributed by atoms with Crippen molar-refractivity contribution in [1.82, 2.24) is 5.32 Å². The molecule has 0 bridgehead atoms. The highest BCUT2D eigenvalue weighted by molar-refractivity contribution is 7.10. The Bertz CT molecular complexity index is 364. The molecule has 0 amide bonds. The molecule has 2 atom stereocenters. The van der Waals surface area contributed by atoms with Crippen LogP contribution in [0.2, 0.25) is 0 Å². The summed E-state index contributed by atoms with van der Waals surface area (Å²) in [6.45, 7) is 3.24. The van der Waals surface area contributed by atoms with E-state index in [4.69, 9.17) is 5.26 Å². The summed E-state index contributed by atoms with van der Waals surface area (Å²) in [5.74, 6) is 0.806. The summed E-state index contributed by atoms with van der Waals surface area (Å²) < 4.78 is 0. The van der Waals surface area contributed by atoms with Gasteiger partial charge in [0.15, 0.2) is 0 Å². The van der Waals surface area contributed by atoms with E-state index in [1.165, 1.54) is 24.1 Å². The summed E-state index contributed by atoms with van der Waals surface area (Å²) in [6.07, 6.45) is 4.01. The van der Waals surface area contributed by atoms with Gasteiger partial charge in [0, 0.05) is 22.8 Å². The Labute approximate surface area is 94.9 Å². The summed E-state index contributed by atoms with van der Waals surface area (Å²) in [7, 11) is 0. The molecule has 0 spiro atoms. The van der Waals surface area contributed by atoms with Crippen LogP contribution in [0, 0.1) is 17.2 Å². The lowest BCUT2D eigenvalue weighted by Gasteiger charge is -2.16. The molecule has 0 aromatic carbocycles. The van der Waals surface area contributed by atoms with Crippen LogP contribution in [0.15, 0.2) is 11.4 Å². The molecule has 1 heterocycles. The van der Waals surface area contributed by atoms with Crippen LogP contribution in [0.3, 0.4) is 0 Å². The molecule has 0 saturated heterocycles. The summed E-state index contributed by atoms with van der Waals surface area (Å²) in [4.78, 5) is 1.27. The average Bonchev–Trinajstić information content (AvgIpc) is 2.84. The molecule has 1 fully saturated rings. The van der Waals surface area contributed by atoms with Crippen molar-refractivity contribution in [2.45, 2.75) is 38.8 Å². The molecule has 2 nitrogen and oxygen atoms in total. The number of nitrogens with one attached hydrogen (secondary N) is 1. The van der Waals surface area contributed by atoms with Crippen LogP contribution in [0.25, 0.3) is 0 Å². The maximum Gasteiger partial charge on any atom is 0.100 e. The topological polar surface area (TPSA) is 35.8 Å². The molecule has 2 unspecified atom stereocenters. The molecule has 15 heavy (non-hydrogen) atoms. The van der Waals surface area contributed by atoms with E-state index in [1.54, 1.807) is 11.3 Å². The van der Waals surface area contributed by atoms with Crippen LogP contribution in [0.4, 0.5) is 0 Å². The normalized spacial score (nSPS) is 25.3. The van der Waals surface area contributed by atoms with Gasteiger partial charge in [-0.1, -0.05) is 13.3 Å². The second-order valence-corrected chi connectivity index (χ2v) is 5.30. The molecule has 0 radical (unpaired) electrons. The predicted octanol–water partition coefficient (Wildman–Crippen LogP) is 2.90. The highest BCUT2D eigenvalue weighted by Gasteiger charge is 2.22. The van der Waals surface area contributed by atoms with Crippen molar-refractivity contribution in [2.24, 2.45) is 5.92 Å². The Kier molecular flexibility index (Phi) is 3.40. The highest BCUT2D eigenvalue weighted by atomic mass is 32.1. The van der Waals surface area contributed by atoms with E-state index in [2.05, 4.69) is 18.3 Å². The molecular weight excluding hydrogens is 204 g/mol. The van der Waals surface area contributed by atoms with Gasteiger partial charge in [0.05, 0.1) is 5.56 Å². The van der Waals surface area contributed by atoms with Gasteiger partial charge < -0.3 is 5.32 Å². The minimum atomic E-state index is 0.678. The zero-order valence-corrected chi connectivity index (χ0v) is 9.81. The van der Waals surface area contributed by atoms with E-state index >= 15 is 0 Å². The van der Waals surface area contributed by atoms with Gasteiger partial charge in [0.2, 0.25) is 0 Å². The maximum atomic E-state index is 8.71. The maximum absolute atomic E-state index is 8.71. The zero-order valence-electron chi connectivity index (χ0n) is 8.99. The first-order chi connectivity index (χ1) is 7.29. The molecular formula is C12H16N2S. The third-order valence-electron chi connectivity index (χ3n) is 3.18. The van der Waals surface area contributed by atoms with E-state index in [0.29, 0.717) is 6.04 Å². The fourth-order valence-electron chi connectivity index (χ4n) is 2.21. The third kappa shape index (κ3) is 2.58. The van der Waals surface area contributed by atoms with Crippen molar-refractivity contribution in [2.75, 3.05) is 0 Å². The number of nitrogens with zero attached hydrogens (tertiary/aromatic N) is 1. The van der Waals surface area contributed by atoms with Crippen molar-refractivity contribution < 1.29 is 0 Å². The van der Waals surface area contributed by atoms with Crippen LogP contribution in [0.1, 0.15) is 36.6 Å². The van der Waals surface area contributed by atoms with E-state index in [9.17, 15) is 0 Å². The zero-order chi connectivity index (χ0) is 10.7. The van der Waals surface area contributed by atoms with Crippen LogP contribution in [-0.4, -0.2) is 6.04 Å². The first-order valence-electron chi connectivity index (χ1n) is 5.50. The molecule has 80 valence electrons. The number of hydrogen-bond acceptors (Lipinski definition) is 3. The SMILES string of the molecule is CC1CCCC1NCc1cc(C#N)cs1. The summed E-state index contributed by atoms with van der Waals surface area (Å²) >= 11 is 1.67. The Balaban J connectivity index is 1.85. The lowest BCUT2D eigenvalue weighted by Crippen LogP contribution is -2.30. The Morgan fingerprint density at radius 1 is 1.60 bits per heavy atom. The van der Waals surface area contributed by atoms with Gasteiger partial charge in [0.25, 0.3) is 0 Å². The molecule has 1 aromatic heterocycles. The van der Waals surface area contributed by atoms with E-state index in [1.807, 2.05) is 11.4 Å². The third-order valence-corrected chi connectivity index (χ3v) is 4.12. The standard InChI is InChI=1S/C12H16N2S/c1-9-3-2-4-12(9)14-7-11-5-10(6-13)8-15-11/h5,8-9,12,14H,2-4,7H2,1H3. The smallest absolute Gasteiger partial charge is 0.100 e. The highest BCUT2D eigenvalue weighted by Crippen LogP contribution is 2.25. The van der Waals surface area contributed by atoms with Crippen LogP contribution < -0.4 is 5.32 Å². The van der Waals surface area contributed by atoms with Gasteiger partial charge in [0.1, 0.15) is 6.07 Å². The van der Waals surface area contributed by atoms with E-state index in [-0.39, 0.29) is 0 Å². The minimum absolute atomic E-state index is 0.678.